The van der Waals surface area contributed by atoms with Crippen LogP contribution in [0, 0.1) is 40.4 Å². The van der Waals surface area contributed by atoms with E-state index in [1.54, 1.807) is 0 Å². The fourth-order valence-electron chi connectivity index (χ4n) is 8.52. The quantitative estimate of drug-likeness (QED) is 0.706. The smallest absolute Gasteiger partial charge is 0.302 e. The molecule has 4 aliphatic carbocycles. The van der Waals surface area contributed by atoms with Gasteiger partial charge in [0, 0.05) is 12.8 Å². The average Bonchev–Trinajstić information content (AvgIpc) is 2.85. The molecule has 0 aromatic rings. The zero-order valence-electron chi connectivity index (χ0n) is 17.2. The van der Waals surface area contributed by atoms with Crippen LogP contribution >= 0.6 is 0 Å². The Morgan fingerprint density at radius 3 is 2.50 bits per heavy atom. The molecule has 26 heavy (non-hydrogen) atoms. The molecule has 4 saturated carbocycles. The van der Waals surface area contributed by atoms with Crippen LogP contribution in [0.2, 0.25) is 0 Å². The molecule has 0 aromatic heterocycles. The number of ether oxygens (including phenoxy) is 1. The Hall–Kier alpha value is -0.570. The molecule has 4 aliphatic rings. The monoisotopic (exact) mass is 362 g/mol. The maximum atomic E-state index is 11.7. The van der Waals surface area contributed by atoms with Crippen LogP contribution in [0.25, 0.3) is 0 Å². The molecule has 148 valence electrons. The first-order chi connectivity index (χ1) is 12.3. The van der Waals surface area contributed by atoms with Gasteiger partial charge in [-0.1, -0.05) is 26.7 Å². The highest BCUT2D eigenvalue weighted by atomic mass is 16.5. The number of esters is 1. The first-order valence-electron chi connectivity index (χ1n) is 11.1. The number of aliphatic hydroxyl groups excluding tert-OH is 1. The number of carbonyl (C=O) groups excluding carboxylic acids is 1. The van der Waals surface area contributed by atoms with E-state index in [1.165, 1.54) is 58.3 Å². The molecule has 0 bridgehead atoms. The Bertz CT molecular complexity index is 558. The van der Waals surface area contributed by atoms with Gasteiger partial charge in [-0.25, -0.2) is 0 Å². The number of hydrogen-bond donors (Lipinski definition) is 1. The van der Waals surface area contributed by atoms with Gasteiger partial charge < -0.3 is 9.84 Å². The summed E-state index contributed by atoms with van der Waals surface area (Å²) in [4.78, 5) is 11.7. The molecule has 0 aromatic carbocycles. The van der Waals surface area contributed by atoms with Gasteiger partial charge >= 0.3 is 5.97 Å². The maximum Gasteiger partial charge on any atom is 0.302 e. The Morgan fingerprint density at radius 1 is 1.04 bits per heavy atom. The zero-order valence-corrected chi connectivity index (χ0v) is 17.2. The van der Waals surface area contributed by atoms with Crippen molar-refractivity contribution in [1.29, 1.82) is 0 Å². The summed E-state index contributed by atoms with van der Waals surface area (Å²) in [5.41, 5.74) is 0.648. The van der Waals surface area contributed by atoms with Crippen molar-refractivity contribution in [2.75, 3.05) is 0 Å². The van der Waals surface area contributed by atoms with Crippen LogP contribution in [0.3, 0.4) is 0 Å². The molecule has 0 saturated heterocycles. The van der Waals surface area contributed by atoms with Crippen LogP contribution in [-0.4, -0.2) is 23.3 Å². The molecular formula is C23H38O3. The van der Waals surface area contributed by atoms with E-state index in [1.807, 2.05) is 6.92 Å². The fraction of sp³-hybridized carbons (Fsp3) is 0.957. The van der Waals surface area contributed by atoms with Crippen LogP contribution in [0.1, 0.15) is 85.5 Å². The van der Waals surface area contributed by atoms with Crippen molar-refractivity contribution in [3.63, 3.8) is 0 Å². The van der Waals surface area contributed by atoms with Crippen LogP contribution < -0.4 is 0 Å². The topological polar surface area (TPSA) is 46.5 Å². The molecule has 3 nitrogen and oxygen atoms in total. The molecule has 8 unspecified atom stereocenters. The third kappa shape index (κ3) is 2.67. The lowest BCUT2D eigenvalue weighted by Crippen LogP contribution is -2.53. The first-order valence-corrected chi connectivity index (χ1v) is 11.1. The van der Waals surface area contributed by atoms with Crippen LogP contribution in [0.15, 0.2) is 0 Å². The summed E-state index contributed by atoms with van der Waals surface area (Å²) >= 11 is 0. The van der Waals surface area contributed by atoms with E-state index in [0.717, 1.165) is 24.2 Å². The second-order valence-electron chi connectivity index (χ2n) is 10.6. The van der Waals surface area contributed by atoms with Crippen molar-refractivity contribution in [3.05, 3.63) is 0 Å². The van der Waals surface area contributed by atoms with E-state index >= 15 is 0 Å². The predicted octanol–water partition coefficient (Wildman–Crippen LogP) is 4.96. The van der Waals surface area contributed by atoms with Crippen LogP contribution in [0.5, 0.6) is 0 Å². The Balaban J connectivity index is 1.64. The van der Waals surface area contributed by atoms with Gasteiger partial charge in [0.1, 0.15) is 6.10 Å². The molecule has 0 spiro atoms. The number of hydrogen-bond acceptors (Lipinski definition) is 3. The third-order valence-corrected chi connectivity index (χ3v) is 9.51. The van der Waals surface area contributed by atoms with Gasteiger partial charge in [0.05, 0.1) is 6.10 Å². The standard InChI is InChI=1S/C23H38O3/c1-14(24)21-20(26-15(2)25)13-19-17-9-8-16-7-5-6-11-22(16,3)18(17)10-12-23(19,21)4/h14,16-21,24H,5-13H2,1-4H3/t14?,16?,17?,18?,19?,20-,21?,22?,23?/m1/s1. The van der Waals surface area contributed by atoms with Gasteiger partial charge in [-0.15, -0.1) is 0 Å². The fourth-order valence-corrected chi connectivity index (χ4v) is 8.52. The molecule has 1 N–H and O–H groups in total. The number of aliphatic hydroxyl groups is 1. The molecule has 0 heterocycles. The molecule has 3 heteroatoms. The van der Waals surface area contributed by atoms with Gasteiger partial charge in [-0.2, -0.15) is 0 Å². The number of carbonyl (C=O) groups is 1. The summed E-state index contributed by atoms with van der Waals surface area (Å²) in [6, 6.07) is 0. The van der Waals surface area contributed by atoms with Crippen molar-refractivity contribution in [3.8, 4) is 0 Å². The van der Waals surface area contributed by atoms with Crippen molar-refractivity contribution in [1.82, 2.24) is 0 Å². The summed E-state index contributed by atoms with van der Waals surface area (Å²) in [5, 5.41) is 10.6. The Labute approximate surface area is 159 Å². The minimum atomic E-state index is -0.410. The molecular weight excluding hydrogens is 324 g/mol. The lowest BCUT2D eigenvalue weighted by molar-refractivity contribution is -0.152. The van der Waals surface area contributed by atoms with Crippen molar-refractivity contribution >= 4 is 5.97 Å². The highest BCUT2D eigenvalue weighted by molar-refractivity contribution is 5.66. The van der Waals surface area contributed by atoms with Crippen molar-refractivity contribution in [2.24, 2.45) is 40.4 Å². The summed E-state index contributed by atoms with van der Waals surface area (Å²) in [7, 11) is 0. The summed E-state index contributed by atoms with van der Waals surface area (Å²) in [6.45, 7) is 8.41. The largest absolute Gasteiger partial charge is 0.462 e. The highest BCUT2D eigenvalue weighted by Gasteiger charge is 2.63. The van der Waals surface area contributed by atoms with E-state index in [-0.39, 0.29) is 23.4 Å². The summed E-state index contributed by atoms with van der Waals surface area (Å²) < 4.78 is 5.75. The number of fused-ring (bicyclic) bond motifs is 5. The Kier molecular flexibility index (Phi) is 4.69. The number of rotatable bonds is 2. The van der Waals surface area contributed by atoms with Gasteiger partial charge in [-0.3, -0.25) is 4.79 Å². The lowest BCUT2D eigenvalue weighted by Gasteiger charge is -2.60. The van der Waals surface area contributed by atoms with E-state index in [4.69, 9.17) is 4.74 Å². The maximum absolute atomic E-state index is 11.7. The van der Waals surface area contributed by atoms with E-state index < -0.39 is 6.10 Å². The second kappa shape index (κ2) is 6.50. The van der Waals surface area contributed by atoms with Gasteiger partial charge in [-0.05, 0) is 86.4 Å². The molecule has 4 fully saturated rings. The van der Waals surface area contributed by atoms with Crippen molar-refractivity contribution in [2.45, 2.75) is 97.7 Å². The van der Waals surface area contributed by atoms with Gasteiger partial charge in [0.2, 0.25) is 0 Å². The van der Waals surface area contributed by atoms with E-state index in [2.05, 4.69) is 13.8 Å². The molecule has 9 atom stereocenters. The van der Waals surface area contributed by atoms with Gasteiger partial charge in [0.15, 0.2) is 0 Å². The predicted molar refractivity (Wildman–Crippen MR) is 102 cm³/mol. The highest BCUT2D eigenvalue weighted by Crippen LogP contribution is 2.68. The van der Waals surface area contributed by atoms with Crippen LogP contribution in [-0.2, 0) is 9.53 Å². The van der Waals surface area contributed by atoms with E-state index in [9.17, 15) is 9.90 Å². The zero-order chi connectivity index (χ0) is 18.7. The van der Waals surface area contributed by atoms with Crippen LogP contribution in [0.4, 0.5) is 0 Å². The Morgan fingerprint density at radius 2 is 1.81 bits per heavy atom. The first kappa shape index (κ1) is 18.8. The third-order valence-electron chi connectivity index (χ3n) is 9.51. The lowest BCUT2D eigenvalue weighted by atomic mass is 9.45. The summed E-state index contributed by atoms with van der Waals surface area (Å²) in [5.74, 6) is 3.03. The van der Waals surface area contributed by atoms with E-state index in [0.29, 0.717) is 11.3 Å². The molecule has 4 rings (SSSR count). The van der Waals surface area contributed by atoms with Crippen molar-refractivity contribution < 1.29 is 14.6 Å². The SMILES string of the molecule is CC(=O)O[C@@H]1CC2C3CCC4CCCCC4(C)C3CCC2(C)C1C(C)O. The average molecular weight is 363 g/mol. The van der Waals surface area contributed by atoms with Gasteiger partial charge in [0.25, 0.3) is 0 Å². The second-order valence-corrected chi connectivity index (χ2v) is 10.6. The molecule has 0 radical (unpaired) electrons. The molecule has 0 aliphatic heterocycles. The summed E-state index contributed by atoms with van der Waals surface area (Å²) in [6.07, 6.45) is 11.4. The minimum Gasteiger partial charge on any atom is -0.462 e. The normalized spacial score (nSPS) is 51.7. The minimum absolute atomic E-state index is 0.0919. The molecule has 0 amide bonds.